The minimum absolute atomic E-state index is 0.113. The van der Waals surface area contributed by atoms with Gasteiger partial charge in [-0.15, -0.1) is 0 Å². The minimum Gasteiger partial charge on any atom is -0.395 e. The van der Waals surface area contributed by atoms with Gasteiger partial charge in [0.15, 0.2) is 0 Å². The van der Waals surface area contributed by atoms with Crippen molar-refractivity contribution < 1.29 is 5.11 Å². The molecule has 1 heteroatoms. The van der Waals surface area contributed by atoms with E-state index in [0.29, 0.717) is 6.61 Å². The van der Waals surface area contributed by atoms with Crippen molar-refractivity contribution in [2.45, 2.75) is 39.0 Å². The summed E-state index contributed by atoms with van der Waals surface area (Å²) in [5, 5.41) is 9.43. The van der Waals surface area contributed by atoms with Crippen LogP contribution in [0.15, 0.2) is 12.1 Å². The van der Waals surface area contributed by atoms with Crippen LogP contribution >= 0.6 is 0 Å². The van der Waals surface area contributed by atoms with Gasteiger partial charge >= 0.3 is 0 Å². The summed E-state index contributed by atoms with van der Waals surface area (Å²) in [4.78, 5) is 0. The van der Waals surface area contributed by atoms with Crippen LogP contribution in [0.2, 0.25) is 0 Å². The third kappa shape index (κ3) is 1.36. The lowest BCUT2D eigenvalue weighted by molar-refractivity contribution is 0.254. The largest absolute Gasteiger partial charge is 0.395 e. The highest BCUT2D eigenvalue weighted by Gasteiger charge is 2.45. The molecule has 1 fully saturated rings. The summed E-state index contributed by atoms with van der Waals surface area (Å²) in [6, 6.07) is 4.44. The highest BCUT2D eigenvalue weighted by atomic mass is 16.3. The van der Waals surface area contributed by atoms with Gasteiger partial charge in [0, 0.05) is 5.41 Å². The van der Waals surface area contributed by atoms with E-state index in [1.54, 1.807) is 0 Å². The molecule has 0 bridgehead atoms. The van der Waals surface area contributed by atoms with E-state index in [0.717, 1.165) is 12.8 Å². The van der Waals surface area contributed by atoms with Crippen LogP contribution in [0, 0.1) is 20.8 Å². The predicted molar refractivity (Wildman–Crippen MR) is 58.7 cm³/mol. The van der Waals surface area contributed by atoms with E-state index < -0.39 is 0 Å². The molecule has 0 atom stereocenters. The first kappa shape index (κ1) is 9.72. The molecule has 0 amide bonds. The molecule has 0 unspecified atom stereocenters. The fourth-order valence-corrected chi connectivity index (χ4v) is 2.65. The highest BCUT2D eigenvalue weighted by Crippen LogP contribution is 2.50. The standard InChI is InChI=1S/C13H18O/c1-9-6-10(2)12(11(3)7-9)13(8-14)4-5-13/h6-7,14H,4-5,8H2,1-3H3. The van der Waals surface area contributed by atoms with Gasteiger partial charge < -0.3 is 5.11 Å². The lowest BCUT2D eigenvalue weighted by Gasteiger charge is -2.19. The van der Waals surface area contributed by atoms with Gasteiger partial charge in [-0.1, -0.05) is 17.7 Å². The molecule has 1 aromatic rings. The molecule has 14 heavy (non-hydrogen) atoms. The van der Waals surface area contributed by atoms with Crippen molar-refractivity contribution in [3.63, 3.8) is 0 Å². The van der Waals surface area contributed by atoms with E-state index in [4.69, 9.17) is 0 Å². The Morgan fingerprint density at radius 2 is 1.64 bits per heavy atom. The topological polar surface area (TPSA) is 20.2 Å². The van der Waals surface area contributed by atoms with Crippen molar-refractivity contribution in [3.8, 4) is 0 Å². The zero-order chi connectivity index (χ0) is 10.3. The molecule has 1 nitrogen and oxygen atoms in total. The summed E-state index contributed by atoms with van der Waals surface area (Å²) in [7, 11) is 0. The van der Waals surface area contributed by atoms with Gasteiger partial charge in [0.05, 0.1) is 6.61 Å². The summed E-state index contributed by atoms with van der Waals surface area (Å²) in [5.74, 6) is 0. The van der Waals surface area contributed by atoms with Gasteiger partial charge in [-0.25, -0.2) is 0 Å². The number of hydrogen-bond donors (Lipinski definition) is 1. The first-order valence-electron chi connectivity index (χ1n) is 5.28. The number of benzene rings is 1. The van der Waals surface area contributed by atoms with E-state index in [1.807, 2.05) is 0 Å². The monoisotopic (exact) mass is 190 g/mol. The number of aliphatic hydroxyl groups excluding tert-OH is 1. The van der Waals surface area contributed by atoms with E-state index in [9.17, 15) is 5.11 Å². The molecular formula is C13H18O. The zero-order valence-corrected chi connectivity index (χ0v) is 9.22. The van der Waals surface area contributed by atoms with E-state index in [-0.39, 0.29) is 5.41 Å². The molecule has 1 aliphatic rings. The van der Waals surface area contributed by atoms with Crippen LogP contribution in [0.1, 0.15) is 35.1 Å². The fraction of sp³-hybridized carbons (Fsp3) is 0.538. The second-order valence-electron chi connectivity index (χ2n) is 4.71. The molecule has 0 aliphatic heterocycles. The third-order valence-corrected chi connectivity index (χ3v) is 3.36. The average molecular weight is 190 g/mol. The molecule has 1 N–H and O–H groups in total. The predicted octanol–water partition coefficient (Wildman–Crippen LogP) is 2.64. The van der Waals surface area contributed by atoms with Crippen LogP contribution in [0.3, 0.4) is 0 Å². The summed E-state index contributed by atoms with van der Waals surface area (Å²) in [6.45, 7) is 6.75. The lowest BCUT2D eigenvalue weighted by Crippen LogP contribution is -2.15. The van der Waals surface area contributed by atoms with Crippen molar-refractivity contribution >= 4 is 0 Å². The molecular weight excluding hydrogens is 172 g/mol. The molecule has 76 valence electrons. The van der Waals surface area contributed by atoms with E-state index >= 15 is 0 Å². The Labute approximate surface area is 85.8 Å². The molecule has 1 aliphatic carbocycles. The number of aliphatic hydroxyl groups is 1. The van der Waals surface area contributed by atoms with Crippen LogP contribution in [-0.2, 0) is 5.41 Å². The Balaban J connectivity index is 2.53. The van der Waals surface area contributed by atoms with Crippen LogP contribution in [-0.4, -0.2) is 11.7 Å². The normalized spacial score (nSPS) is 18.3. The van der Waals surface area contributed by atoms with Gasteiger partial charge in [-0.3, -0.25) is 0 Å². The van der Waals surface area contributed by atoms with E-state index in [1.165, 1.54) is 22.3 Å². The zero-order valence-electron chi connectivity index (χ0n) is 9.22. The fourth-order valence-electron chi connectivity index (χ4n) is 2.65. The van der Waals surface area contributed by atoms with Crippen molar-refractivity contribution in [2.75, 3.05) is 6.61 Å². The SMILES string of the molecule is Cc1cc(C)c(C2(CO)CC2)c(C)c1. The van der Waals surface area contributed by atoms with Gasteiger partial charge in [0.1, 0.15) is 0 Å². The summed E-state index contributed by atoms with van der Waals surface area (Å²) < 4.78 is 0. The third-order valence-electron chi connectivity index (χ3n) is 3.36. The van der Waals surface area contributed by atoms with Crippen molar-refractivity contribution in [1.82, 2.24) is 0 Å². The molecule has 0 heterocycles. The van der Waals surface area contributed by atoms with Crippen LogP contribution < -0.4 is 0 Å². The second-order valence-corrected chi connectivity index (χ2v) is 4.71. The number of rotatable bonds is 2. The summed E-state index contributed by atoms with van der Waals surface area (Å²) in [5.41, 5.74) is 5.51. The maximum atomic E-state index is 9.43. The molecule has 0 spiro atoms. The van der Waals surface area contributed by atoms with Crippen molar-refractivity contribution in [2.24, 2.45) is 0 Å². The maximum absolute atomic E-state index is 9.43. The Bertz CT molecular complexity index is 338. The second kappa shape index (κ2) is 3.09. The molecule has 0 aromatic heterocycles. The van der Waals surface area contributed by atoms with Crippen LogP contribution in [0.25, 0.3) is 0 Å². The Morgan fingerprint density at radius 1 is 1.14 bits per heavy atom. The number of hydrogen-bond acceptors (Lipinski definition) is 1. The highest BCUT2D eigenvalue weighted by molar-refractivity contribution is 5.45. The first-order valence-corrected chi connectivity index (χ1v) is 5.28. The lowest BCUT2D eigenvalue weighted by atomic mass is 9.87. The van der Waals surface area contributed by atoms with Gasteiger partial charge in [0.2, 0.25) is 0 Å². The smallest absolute Gasteiger partial charge is 0.0528 e. The molecule has 0 saturated heterocycles. The molecule has 1 aromatic carbocycles. The van der Waals surface area contributed by atoms with E-state index in [2.05, 4.69) is 32.9 Å². The first-order chi connectivity index (χ1) is 6.59. The Kier molecular flexibility index (Phi) is 2.15. The molecule has 2 rings (SSSR count). The van der Waals surface area contributed by atoms with Crippen molar-refractivity contribution in [3.05, 3.63) is 34.4 Å². The quantitative estimate of drug-likeness (QED) is 0.760. The summed E-state index contributed by atoms with van der Waals surface area (Å²) in [6.07, 6.45) is 2.29. The molecule has 0 radical (unpaired) electrons. The maximum Gasteiger partial charge on any atom is 0.0528 e. The molecule has 1 saturated carbocycles. The number of aryl methyl sites for hydroxylation is 3. The Morgan fingerprint density at radius 3 is 2.00 bits per heavy atom. The average Bonchev–Trinajstić information content (AvgIpc) is 2.83. The van der Waals surface area contributed by atoms with Gasteiger partial charge in [0.25, 0.3) is 0 Å². The minimum atomic E-state index is 0.113. The van der Waals surface area contributed by atoms with Gasteiger partial charge in [-0.05, 0) is 50.3 Å². The van der Waals surface area contributed by atoms with Gasteiger partial charge in [-0.2, -0.15) is 0 Å². The van der Waals surface area contributed by atoms with Crippen LogP contribution in [0.5, 0.6) is 0 Å². The van der Waals surface area contributed by atoms with Crippen molar-refractivity contribution in [1.29, 1.82) is 0 Å². The summed E-state index contributed by atoms with van der Waals surface area (Å²) >= 11 is 0. The Hall–Kier alpha value is -0.820. The van der Waals surface area contributed by atoms with Crippen LogP contribution in [0.4, 0.5) is 0 Å².